The molecule has 7 heteroatoms. The Morgan fingerprint density at radius 1 is 1.69 bits per heavy atom. The van der Waals surface area contributed by atoms with Gasteiger partial charge in [0, 0.05) is 0 Å². The normalized spacial score (nSPS) is 15.2. The first-order valence-electron chi connectivity index (χ1n) is 3.68. The van der Waals surface area contributed by atoms with Crippen molar-refractivity contribution >= 4 is 51.1 Å². The molecule has 0 saturated heterocycles. The van der Waals surface area contributed by atoms with Crippen LogP contribution in [-0.2, 0) is 17.7 Å². The van der Waals surface area contributed by atoms with E-state index in [4.69, 9.17) is 9.26 Å². The van der Waals surface area contributed by atoms with Crippen molar-refractivity contribution in [2.24, 2.45) is 0 Å². The minimum atomic E-state index is 0.481. The lowest BCUT2D eigenvalue weighted by Crippen LogP contribution is -1.98. The number of nitrogens with zero attached hydrogens (tertiary/aromatic N) is 2. The molecule has 1 aromatic rings. The van der Waals surface area contributed by atoms with Crippen molar-refractivity contribution in [2.45, 2.75) is 13.2 Å². The van der Waals surface area contributed by atoms with E-state index >= 15 is 0 Å². The van der Waals surface area contributed by atoms with Crippen molar-refractivity contribution < 1.29 is 9.26 Å². The van der Waals surface area contributed by atoms with E-state index in [-0.39, 0.29) is 0 Å². The molecule has 13 heavy (non-hydrogen) atoms. The van der Waals surface area contributed by atoms with Gasteiger partial charge in [0.2, 0.25) is 5.88 Å². The lowest BCUT2D eigenvalue weighted by atomic mass is 10.5. The molecule has 0 aromatic carbocycles. The van der Waals surface area contributed by atoms with Gasteiger partial charge in [0.05, 0.1) is 19.6 Å². The highest BCUT2D eigenvalue weighted by molar-refractivity contribution is 14.2. The lowest BCUT2D eigenvalue weighted by Gasteiger charge is -1.97. The zero-order valence-electron chi connectivity index (χ0n) is 6.59. The van der Waals surface area contributed by atoms with Crippen LogP contribution in [0.2, 0.25) is 0 Å². The molecule has 1 aliphatic rings. The SMILES string of the molecule is IPOCc1nn2c(c1I)OCC2. The van der Waals surface area contributed by atoms with E-state index in [1.165, 1.54) is 0 Å². The molecule has 0 N–H and O–H groups in total. The van der Waals surface area contributed by atoms with E-state index in [9.17, 15) is 0 Å². The molecule has 1 unspecified atom stereocenters. The average molecular weight is 424 g/mol. The van der Waals surface area contributed by atoms with Gasteiger partial charge in [-0.1, -0.05) is 0 Å². The number of rotatable bonds is 3. The van der Waals surface area contributed by atoms with Crippen LogP contribution in [0.1, 0.15) is 5.69 Å². The van der Waals surface area contributed by atoms with Gasteiger partial charge in [-0.15, -0.1) is 0 Å². The van der Waals surface area contributed by atoms with Crippen LogP contribution in [0.4, 0.5) is 0 Å². The molecule has 2 rings (SSSR count). The summed E-state index contributed by atoms with van der Waals surface area (Å²) in [6.45, 7) is 2.67. The highest BCUT2D eigenvalue weighted by atomic mass is 127. The second kappa shape index (κ2) is 4.59. The Bertz CT molecular complexity index is 318. The average Bonchev–Trinajstić information content (AvgIpc) is 2.67. The highest BCUT2D eigenvalue weighted by Crippen LogP contribution is 2.30. The summed E-state index contributed by atoms with van der Waals surface area (Å²) in [5.41, 5.74) is 0.986. The molecule has 0 radical (unpaired) electrons. The van der Waals surface area contributed by atoms with Crippen molar-refractivity contribution in [2.75, 3.05) is 6.61 Å². The summed E-state index contributed by atoms with van der Waals surface area (Å²) in [6, 6.07) is 0. The van der Waals surface area contributed by atoms with Crippen molar-refractivity contribution in [1.29, 1.82) is 0 Å². The van der Waals surface area contributed by atoms with Gasteiger partial charge in [-0.05, 0) is 44.6 Å². The molecular formula is C6H7I2N2O2P. The predicted octanol–water partition coefficient (Wildman–Crippen LogP) is 2.34. The maximum atomic E-state index is 5.43. The zero-order chi connectivity index (χ0) is 9.26. The summed E-state index contributed by atoms with van der Waals surface area (Å²) >= 11 is 4.46. The number of ether oxygens (including phenoxy) is 1. The van der Waals surface area contributed by atoms with Crippen LogP contribution in [0.3, 0.4) is 0 Å². The van der Waals surface area contributed by atoms with Crippen LogP contribution in [0.25, 0.3) is 0 Å². The minimum Gasteiger partial charge on any atom is -0.475 e. The number of aromatic nitrogens is 2. The first-order chi connectivity index (χ1) is 6.33. The molecule has 2 heterocycles. The van der Waals surface area contributed by atoms with E-state index in [0.29, 0.717) is 13.1 Å². The summed E-state index contributed by atoms with van der Waals surface area (Å²) in [6.07, 6.45) is 0. The second-order valence-corrected chi connectivity index (χ2v) is 5.35. The molecule has 0 amide bonds. The predicted molar refractivity (Wildman–Crippen MR) is 67.6 cm³/mol. The molecule has 1 aliphatic heterocycles. The van der Waals surface area contributed by atoms with E-state index in [1.807, 2.05) is 4.68 Å². The lowest BCUT2D eigenvalue weighted by molar-refractivity contribution is 0.340. The third-order valence-electron chi connectivity index (χ3n) is 1.72. The number of fused-ring (bicyclic) bond motifs is 1. The Labute approximate surface area is 104 Å². The van der Waals surface area contributed by atoms with Gasteiger partial charge in [-0.2, -0.15) is 5.10 Å². The molecule has 0 saturated carbocycles. The van der Waals surface area contributed by atoms with Crippen molar-refractivity contribution in [1.82, 2.24) is 9.78 Å². The van der Waals surface area contributed by atoms with E-state index in [0.717, 1.165) is 28.3 Å². The van der Waals surface area contributed by atoms with Gasteiger partial charge < -0.3 is 9.26 Å². The van der Waals surface area contributed by atoms with Gasteiger partial charge in [0.25, 0.3) is 0 Å². The fraction of sp³-hybridized carbons (Fsp3) is 0.500. The maximum absolute atomic E-state index is 5.43. The highest BCUT2D eigenvalue weighted by Gasteiger charge is 2.21. The zero-order valence-corrected chi connectivity index (χ0v) is 11.9. The van der Waals surface area contributed by atoms with E-state index in [1.54, 1.807) is 0 Å². The monoisotopic (exact) mass is 424 g/mol. The third kappa shape index (κ3) is 2.10. The summed E-state index contributed by atoms with van der Waals surface area (Å²) in [7, 11) is 0. The smallest absolute Gasteiger partial charge is 0.226 e. The fourth-order valence-corrected chi connectivity index (χ4v) is 2.53. The molecule has 0 fully saturated rings. The van der Waals surface area contributed by atoms with Crippen molar-refractivity contribution in [3.8, 4) is 5.88 Å². The Morgan fingerprint density at radius 2 is 2.54 bits per heavy atom. The van der Waals surface area contributed by atoms with Crippen LogP contribution in [-0.4, -0.2) is 16.4 Å². The largest absolute Gasteiger partial charge is 0.475 e. The molecule has 4 nitrogen and oxygen atoms in total. The van der Waals surface area contributed by atoms with Gasteiger partial charge in [-0.3, -0.25) is 0 Å². The van der Waals surface area contributed by atoms with Gasteiger partial charge in [-0.25, -0.2) is 4.68 Å². The summed E-state index contributed by atoms with van der Waals surface area (Å²) in [5.74, 6) is 0.899. The number of halogens is 2. The summed E-state index contributed by atoms with van der Waals surface area (Å²) in [5, 5.41) is 4.39. The van der Waals surface area contributed by atoms with Crippen LogP contribution < -0.4 is 4.74 Å². The molecule has 0 bridgehead atoms. The van der Waals surface area contributed by atoms with Crippen LogP contribution >= 0.6 is 51.1 Å². The first kappa shape index (κ1) is 10.4. The molecule has 0 spiro atoms. The van der Waals surface area contributed by atoms with Crippen molar-refractivity contribution in [3.05, 3.63) is 9.26 Å². The van der Waals surface area contributed by atoms with Gasteiger partial charge >= 0.3 is 0 Å². The standard InChI is InChI=1S/C6H7I2N2O2P/c7-5-4(3-12-13-8)9-10-1-2-11-6(5)10/h13H,1-3H2. The molecule has 1 aromatic heterocycles. The van der Waals surface area contributed by atoms with Crippen LogP contribution in [0.5, 0.6) is 5.88 Å². The maximum Gasteiger partial charge on any atom is 0.226 e. The molecular weight excluding hydrogens is 417 g/mol. The Balaban J connectivity index is 2.18. The summed E-state index contributed by atoms with van der Waals surface area (Å²) in [4.78, 5) is 0. The first-order valence-corrected chi connectivity index (χ1v) is 8.78. The Morgan fingerprint density at radius 3 is 3.23 bits per heavy atom. The summed E-state index contributed by atoms with van der Waals surface area (Å²) < 4.78 is 13.7. The fourth-order valence-electron chi connectivity index (χ4n) is 1.18. The van der Waals surface area contributed by atoms with Crippen molar-refractivity contribution in [3.63, 3.8) is 0 Å². The van der Waals surface area contributed by atoms with Gasteiger partial charge in [0.1, 0.15) is 15.9 Å². The van der Waals surface area contributed by atoms with Crippen LogP contribution in [0, 0.1) is 3.57 Å². The quantitative estimate of drug-likeness (QED) is 0.553. The number of hydrogen-bond donors (Lipinski definition) is 0. The van der Waals surface area contributed by atoms with E-state index < -0.39 is 0 Å². The molecule has 72 valence electrons. The van der Waals surface area contributed by atoms with Gasteiger partial charge in [0.15, 0.2) is 0 Å². The minimum absolute atomic E-state index is 0.481. The van der Waals surface area contributed by atoms with Crippen LogP contribution in [0.15, 0.2) is 0 Å². The van der Waals surface area contributed by atoms with E-state index in [2.05, 4.69) is 49.7 Å². The topological polar surface area (TPSA) is 36.3 Å². The second-order valence-electron chi connectivity index (χ2n) is 2.50. The molecule has 1 atom stereocenters. The molecule has 0 aliphatic carbocycles. The Kier molecular flexibility index (Phi) is 3.66. The number of hydrogen-bond acceptors (Lipinski definition) is 3. The third-order valence-corrected chi connectivity index (χ3v) is 3.99. The Hall–Kier alpha value is 0.860.